The molecule has 7 heteroatoms. The van der Waals surface area contributed by atoms with Gasteiger partial charge in [-0.05, 0) is 80.6 Å². The number of hydrogen-bond acceptors (Lipinski definition) is 5. The maximum absolute atomic E-state index is 11.8. The topological polar surface area (TPSA) is 68.7 Å². The van der Waals surface area contributed by atoms with Gasteiger partial charge in [0.1, 0.15) is 0 Å². The van der Waals surface area contributed by atoms with E-state index in [1.54, 1.807) is 18.5 Å². The maximum atomic E-state index is 11.8. The van der Waals surface area contributed by atoms with E-state index in [2.05, 4.69) is 56.3 Å². The van der Waals surface area contributed by atoms with Crippen LogP contribution in [0.15, 0.2) is 71.9 Å². The number of nitrogens with zero attached hydrogens (tertiary/aromatic N) is 4. The lowest BCUT2D eigenvalue weighted by Crippen LogP contribution is -2.48. The first kappa shape index (κ1) is 22.9. The number of nitrogens with one attached hydrogen (secondary N) is 2. The Kier molecular flexibility index (Phi) is 6.23. The minimum Gasteiger partial charge on any atom is -0.371 e. The molecule has 3 aromatic heterocycles. The van der Waals surface area contributed by atoms with Gasteiger partial charge in [0.25, 0.3) is 0 Å². The van der Waals surface area contributed by atoms with Crippen molar-refractivity contribution < 1.29 is 0 Å². The van der Waals surface area contributed by atoms with E-state index < -0.39 is 0 Å². The highest BCUT2D eigenvalue weighted by atomic mass is 16.1. The number of aromatic amines is 1. The first-order chi connectivity index (χ1) is 17.6. The lowest BCUT2D eigenvalue weighted by atomic mass is 9.95. The summed E-state index contributed by atoms with van der Waals surface area (Å²) >= 11 is 0. The normalized spacial score (nSPS) is 19.6. The van der Waals surface area contributed by atoms with Crippen molar-refractivity contribution in [3.63, 3.8) is 0 Å². The van der Waals surface area contributed by atoms with Crippen LogP contribution in [0.5, 0.6) is 0 Å². The highest BCUT2D eigenvalue weighted by Crippen LogP contribution is 2.30. The minimum absolute atomic E-state index is 0.117. The van der Waals surface area contributed by atoms with Gasteiger partial charge in [0, 0.05) is 67.3 Å². The average molecular weight is 483 g/mol. The van der Waals surface area contributed by atoms with Gasteiger partial charge in [0.2, 0.25) is 5.56 Å². The minimum atomic E-state index is -0.117. The molecule has 5 heterocycles. The van der Waals surface area contributed by atoms with Gasteiger partial charge < -0.3 is 15.2 Å². The molecule has 4 aromatic rings. The molecule has 0 spiro atoms. The third-order valence-electron chi connectivity index (χ3n) is 7.80. The van der Waals surface area contributed by atoms with E-state index in [4.69, 9.17) is 0 Å². The van der Waals surface area contributed by atoms with Crippen molar-refractivity contribution in [2.75, 3.05) is 36.4 Å². The first-order valence-electron chi connectivity index (χ1n) is 13.2. The standard InChI is InChI=1S/C29H34N6O/c1-21-3-2-15-34(20-21)25-11-16-33(17-12-25)24-6-4-23(5-7-24)32-26-8-9-27(35-18-14-31-29(26)35)22-10-13-30-28(36)19-22/h4-10,13-14,18-19,21,25,32H,2-3,11-12,15-17,20H2,1H3,(H,30,36). The number of hydrogen-bond donors (Lipinski definition) is 2. The summed E-state index contributed by atoms with van der Waals surface area (Å²) in [5.74, 6) is 0.846. The van der Waals surface area contributed by atoms with Crippen molar-refractivity contribution in [3.05, 3.63) is 77.5 Å². The number of benzene rings is 1. The van der Waals surface area contributed by atoms with E-state index in [1.165, 1.54) is 44.5 Å². The van der Waals surface area contributed by atoms with Crippen molar-refractivity contribution in [3.8, 4) is 11.3 Å². The average Bonchev–Trinajstić information content (AvgIpc) is 3.40. The number of pyridine rings is 2. The Morgan fingerprint density at radius 1 is 1.00 bits per heavy atom. The molecule has 2 saturated heterocycles. The summed E-state index contributed by atoms with van der Waals surface area (Å²) in [6.45, 7) is 7.21. The van der Waals surface area contributed by atoms with Gasteiger partial charge >= 0.3 is 0 Å². The first-order valence-corrected chi connectivity index (χ1v) is 13.2. The zero-order chi connectivity index (χ0) is 24.5. The van der Waals surface area contributed by atoms with Crippen molar-refractivity contribution in [2.45, 2.75) is 38.6 Å². The lowest BCUT2D eigenvalue weighted by molar-refractivity contribution is 0.112. The molecule has 186 valence electrons. The Hall–Kier alpha value is -3.58. The van der Waals surface area contributed by atoms with Crippen LogP contribution in [0.2, 0.25) is 0 Å². The Balaban J connectivity index is 1.13. The summed E-state index contributed by atoms with van der Waals surface area (Å²) in [4.78, 5) is 24.3. The molecule has 6 rings (SSSR count). The SMILES string of the molecule is CC1CCCN(C2CCN(c3ccc(Nc4ccc(-c5cc[nH]c(=O)c5)n5ccnc45)cc3)CC2)C1. The van der Waals surface area contributed by atoms with Crippen LogP contribution in [0.4, 0.5) is 17.1 Å². The number of fused-ring (bicyclic) bond motifs is 1. The van der Waals surface area contributed by atoms with Gasteiger partial charge in [-0.15, -0.1) is 0 Å². The lowest BCUT2D eigenvalue weighted by Gasteiger charge is -2.42. The summed E-state index contributed by atoms with van der Waals surface area (Å²) in [6.07, 6.45) is 10.6. The number of imidazole rings is 1. The molecule has 1 aromatic carbocycles. The van der Waals surface area contributed by atoms with E-state index in [0.717, 1.165) is 53.3 Å². The molecular formula is C29H34N6O. The van der Waals surface area contributed by atoms with Crippen molar-refractivity contribution >= 4 is 22.7 Å². The monoisotopic (exact) mass is 482 g/mol. The van der Waals surface area contributed by atoms with Gasteiger partial charge in [-0.25, -0.2) is 4.98 Å². The molecule has 1 unspecified atom stereocenters. The fraction of sp³-hybridized carbons (Fsp3) is 0.379. The molecular weight excluding hydrogens is 448 g/mol. The van der Waals surface area contributed by atoms with Gasteiger partial charge in [0.05, 0.1) is 11.4 Å². The van der Waals surface area contributed by atoms with Crippen LogP contribution in [0.1, 0.15) is 32.6 Å². The second-order valence-electron chi connectivity index (χ2n) is 10.3. The second kappa shape index (κ2) is 9.82. The number of aromatic nitrogens is 3. The highest BCUT2D eigenvalue weighted by molar-refractivity contribution is 5.78. The number of anilines is 3. The van der Waals surface area contributed by atoms with E-state index in [1.807, 2.05) is 28.8 Å². The summed E-state index contributed by atoms with van der Waals surface area (Å²) in [5, 5.41) is 3.53. The Labute approximate surface area is 211 Å². The molecule has 2 fully saturated rings. The molecule has 2 aliphatic heterocycles. The largest absolute Gasteiger partial charge is 0.371 e. The number of rotatable bonds is 5. The molecule has 2 aliphatic rings. The molecule has 0 amide bonds. The number of H-pyrrole nitrogens is 1. The van der Waals surface area contributed by atoms with E-state index in [-0.39, 0.29) is 5.56 Å². The number of likely N-dealkylation sites (tertiary alicyclic amines) is 1. The predicted octanol–water partition coefficient (Wildman–Crippen LogP) is 5.13. The molecule has 1 atom stereocenters. The molecule has 0 aliphatic carbocycles. The second-order valence-corrected chi connectivity index (χ2v) is 10.3. The Morgan fingerprint density at radius 2 is 1.83 bits per heavy atom. The summed E-state index contributed by atoms with van der Waals surface area (Å²) in [7, 11) is 0. The third kappa shape index (κ3) is 4.63. The molecule has 0 saturated carbocycles. The van der Waals surface area contributed by atoms with Crippen LogP contribution >= 0.6 is 0 Å². The molecule has 36 heavy (non-hydrogen) atoms. The summed E-state index contributed by atoms with van der Waals surface area (Å²) in [5.41, 5.74) is 5.75. The zero-order valence-corrected chi connectivity index (χ0v) is 20.9. The molecule has 2 N–H and O–H groups in total. The summed E-state index contributed by atoms with van der Waals surface area (Å²) in [6, 6.07) is 17.0. The zero-order valence-electron chi connectivity index (χ0n) is 20.9. The van der Waals surface area contributed by atoms with Gasteiger partial charge in [0.15, 0.2) is 5.65 Å². The fourth-order valence-corrected chi connectivity index (χ4v) is 5.91. The van der Waals surface area contributed by atoms with Crippen LogP contribution in [-0.2, 0) is 0 Å². The maximum Gasteiger partial charge on any atom is 0.248 e. The van der Waals surface area contributed by atoms with E-state index in [9.17, 15) is 4.79 Å². The van der Waals surface area contributed by atoms with Gasteiger partial charge in [-0.1, -0.05) is 6.92 Å². The fourth-order valence-electron chi connectivity index (χ4n) is 5.91. The predicted molar refractivity (Wildman–Crippen MR) is 146 cm³/mol. The van der Waals surface area contributed by atoms with E-state index >= 15 is 0 Å². The Bertz CT molecular complexity index is 1380. The quantitative estimate of drug-likeness (QED) is 0.413. The van der Waals surface area contributed by atoms with Crippen LogP contribution < -0.4 is 15.8 Å². The highest BCUT2D eigenvalue weighted by Gasteiger charge is 2.27. The van der Waals surface area contributed by atoms with Crippen molar-refractivity contribution in [1.82, 2.24) is 19.3 Å². The van der Waals surface area contributed by atoms with Crippen molar-refractivity contribution in [1.29, 1.82) is 0 Å². The number of piperidine rings is 2. The van der Waals surface area contributed by atoms with E-state index in [0.29, 0.717) is 0 Å². The molecule has 0 radical (unpaired) electrons. The van der Waals surface area contributed by atoms with Crippen LogP contribution in [0, 0.1) is 5.92 Å². The summed E-state index contributed by atoms with van der Waals surface area (Å²) < 4.78 is 2.01. The van der Waals surface area contributed by atoms with Gasteiger partial charge in [-0.2, -0.15) is 0 Å². The molecule has 0 bridgehead atoms. The van der Waals surface area contributed by atoms with Gasteiger partial charge in [-0.3, -0.25) is 14.1 Å². The van der Waals surface area contributed by atoms with Crippen LogP contribution in [0.25, 0.3) is 16.9 Å². The van der Waals surface area contributed by atoms with Crippen molar-refractivity contribution in [2.24, 2.45) is 5.92 Å². The van der Waals surface area contributed by atoms with Crippen LogP contribution in [0.3, 0.4) is 0 Å². The Morgan fingerprint density at radius 3 is 2.61 bits per heavy atom. The smallest absolute Gasteiger partial charge is 0.248 e. The third-order valence-corrected chi connectivity index (χ3v) is 7.80. The molecule has 7 nitrogen and oxygen atoms in total. The van der Waals surface area contributed by atoms with Crippen LogP contribution in [-0.4, -0.2) is 51.5 Å².